The van der Waals surface area contributed by atoms with Crippen LogP contribution in [0.4, 0.5) is 18.0 Å². The van der Waals surface area contributed by atoms with Gasteiger partial charge in [-0.3, -0.25) is 0 Å². The average molecular weight is 634 g/mol. The summed E-state index contributed by atoms with van der Waals surface area (Å²) in [4.78, 5) is 34.3. The number of carbonyl (C=O) groups is 3. The molecule has 0 bridgehead atoms. The average Bonchev–Trinajstić information content (AvgIpc) is 2.99. The van der Waals surface area contributed by atoms with Crippen LogP contribution in [0, 0.1) is 5.92 Å². The Bertz CT molecular complexity index is 1130. The first-order valence-electron chi connectivity index (χ1n) is 13.5. The topological polar surface area (TPSA) is 136 Å². The van der Waals surface area contributed by atoms with Crippen LogP contribution in [0.1, 0.15) is 63.8 Å². The number of urea groups is 1. The number of amides is 2. The quantitative estimate of drug-likeness (QED) is 0.314. The van der Waals surface area contributed by atoms with Gasteiger partial charge in [-0.1, -0.05) is 47.8 Å². The number of nitrogens with zero attached hydrogens (tertiary/aromatic N) is 2. The summed E-state index contributed by atoms with van der Waals surface area (Å²) in [5.41, 5.74) is 7.39. The van der Waals surface area contributed by atoms with Gasteiger partial charge in [-0.05, 0) is 43.9 Å². The zero-order valence-electron chi connectivity index (χ0n) is 26.3. The van der Waals surface area contributed by atoms with Gasteiger partial charge in [-0.2, -0.15) is 13.2 Å². The van der Waals surface area contributed by atoms with E-state index in [-0.39, 0.29) is 39.0 Å². The third-order valence-corrected chi connectivity index (χ3v) is 5.48. The summed E-state index contributed by atoms with van der Waals surface area (Å²) in [5, 5.41) is 4.87. The number of alkyl halides is 3. The van der Waals surface area contributed by atoms with E-state index < -0.39 is 18.2 Å². The number of allylic oxidation sites excluding steroid dienone is 4. The number of methoxy groups -OCH3 is 1. The molecule has 2 amide bonds. The zero-order chi connectivity index (χ0) is 33.8. The van der Waals surface area contributed by atoms with Crippen LogP contribution in [0.2, 0.25) is 0 Å². The standard InChI is InChI=1S/C16H19F3N4O2.C9H15NO.C2H4O.C2H6.CH2O.CH4.2H2/c1-8(2)13-14(23-15(20)24)10(7-11(22-13)16(17,18)19)9-4-5-21-12(6-9)25-3;1-4-8(2)9-10(3)6-5-7-11-9;1-2-3;2*1-2;;;/h4-8,11,22H,1-3H3,(H3,20,23,24);4H,1,5-7H2,2-3H3;2H,1H3;1-2H3;1H2;1H4;2*1H/b;9-8+;;;;;;. The predicted octanol–water partition coefficient (Wildman–Crippen LogP) is 6.47. The molecule has 44 heavy (non-hydrogen) atoms. The Labute approximate surface area is 263 Å². The number of primary amides is 1. The highest BCUT2D eigenvalue weighted by Gasteiger charge is 2.42. The maximum Gasteiger partial charge on any atom is 0.412 e. The first-order chi connectivity index (χ1) is 20.3. The first-order valence-corrected chi connectivity index (χ1v) is 13.5. The molecule has 0 radical (unpaired) electrons. The SMILES string of the molecule is C.C=C/C(C)=C1/OCCCN1C.C=O.CC.CC=O.COc1cc(C2=CC(C(F)(F)F)NC(C(C)C)=C2NC(N)=O)ccn1.[HH].[HH]. The summed E-state index contributed by atoms with van der Waals surface area (Å²) < 4.78 is 50.5. The van der Waals surface area contributed by atoms with Crippen LogP contribution in [0.15, 0.2) is 59.9 Å². The lowest BCUT2D eigenvalue weighted by atomic mass is 9.92. The second-order valence-corrected chi connectivity index (χ2v) is 8.82. The Morgan fingerprint density at radius 3 is 2.34 bits per heavy atom. The molecule has 1 unspecified atom stereocenters. The smallest absolute Gasteiger partial charge is 0.412 e. The summed E-state index contributed by atoms with van der Waals surface area (Å²) in [6.45, 7) is 18.5. The number of halogens is 3. The summed E-state index contributed by atoms with van der Waals surface area (Å²) in [6.07, 6.45) is 1.62. The largest absolute Gasteiger partial charge is 0.481 e. The third kappa shape index (κ3) is 14.7. The van der Waals surface area contributed by atoms with E-state index in [1.807, 2.05) is 40.7 Å². The number of nitrogens with two attached hydrogens (primary N) is 1. The Morgan fingerprint density at radius 1 is 1.34 bits per heavy atom. The van der Waals surface area contributed by atoms with E-state index in [1.54, 1.807) is 13.8 Å². The molecule has 1 atom stereocenters. The number of pyridine rings is 1. The molecule has 1 fully saturated rings. The number of dihydropyridines is 1. The van der Waals surface area contributed by atoms with Crippen LogP contribution < -0.4 is 21.1 Å². The Balaban J connectivity index is -0.000000225. The number of ether oxygens (including phenoxy) is 2. The summed E-state index contributed by atoms with van der Waals surface area (Å²) >= 11 is 0. The van der Waals surface area contributed by atoms with Gasteiger partial charge in [0.1, 0.15) is 19.1 Å². The Kier molecular flexibility index (Phi) is 23.3. The molecule has 2 aliphatic rings. The fourth-order valence-corrected chi connectivity index (χ4v) is 3.68. The minimum Gasteiger partial charge on any atom is -0.481 e. The Morgan fingerprint density at radius 2 is 1.91 bits per heavy atom. The number of rotatable bonds is 5. The van der Waals surface area contributed by atoms with E-state index in [9.17, 15) is 18.0 Å². The molecule has 4 N–H and O–H groups in total. The molecule has 3 heterocycles. The van der Waals surface area contributed by atoms with E-state index in [0.717, 1.165) is 43.4 Å². The van der Waals surface area contributed by atoms with Gasteiger partial charge in [-0.15, -0.1) is 0 Å². The number of nitrogens with one attached hydrogen (secondary N) is 2. The summed E-state index contributed by atoms with van der Waals surface area (Å²) in [6, 6.07) is 0.267. The van der Waals surface area contributed by atoms with Crippen LogP contribution in [0.25, 0.3) is 5.57 Å². The number of aldehydes is 1. The van der Waals surface area contributed by atoms with Crippen molar-refractivity contribution in [3.8, 4) is 5.88 Å². The van der Waals surface area contributed by atoms with Crippen molar-refractivity contribution in [1.82, 2.24) is 20.5 Å². The minimum atomic E-state index is -4.50. The molecule has 0 aliphatic carbocycles. The molecule has 10 nitrogen and oxygen atoms in total. The van der Waals surface area contributed by atoms with Crippen LogP contribution in [0.5, 0.6) is 5.88 Å². The number of aromatic nitrogens is 1. The molecule has 13 heteroatoms. The fraction of sp³-hybridized carbons (Fsp3) is 0.484. The lowest BCUT2D eigenvalue weighted by Crippen LogP contribution is -2.46. The van der Waals surface area contributed by atoms with Crippen LogP contribution in [0.3, 0.4) is 0 Å². The minimum absolute atomic E-state index is 0. The monoisotopic (exact) mass is 633 g/mol. The molecular formula is C31H54F3N5O5. The molecule has 254 valence electrons. The molecule has 0 saturated carbocycles. The lowest BCUT2D eigenvalue weighted by molar-refractivity contribution is -0.143. The maximum atomic E-state index is 13.3. The molecule has 2 aliphatic heterocycles. The van der Waals surface area contributed by atoms with Gasteiger partial charge in [0.15, 0.2) is 5.88 Å². The predicted molar refractivity (Wildman–Crippen MR) is 174 cm³/mol. The van der Waals surface area contributed by atoms with E-state index >= 15 is 0 Å². The van der Waals surface area contributed by atoms with E-state index in [4.69, 9.17) is 24.8 Å². The number of carbonyl (C=O) groups excluding carboxylic acids is 3. The second-order valence-electron chi connectivity index (χ2n) is 8.82. The number of hydrogen-bond donors (Lipinski definition) is 3. The molecule has 0 aromatic carbocycles. The van der Waals surface area contributed by atoms with Crippen molar-refractivity contribution in [2.75, 3.05) is 27.3 Å². The van der Waals surface area contributed by atoms with Crippen molar-refractivity contribution >= 4 is 24.7 Å². The van der Waals surface area contributed by atoms with Gasteiger partial charge in [-0.25, -0.2) is 9.78 Å². The molecule has 1 aromatic heterocycles. The van der Waals surface area contributed by atoms with Gasteiger partial charge in [0.05, 0.1) is 19.4 Å². The van der Waals surface area contributed by atoms with E-state index in [0.29, 0.717) is 5.56 Å². The van der Waals surface area contributed by atoms with Crippen LogP contribution in [-0.4, -0.2) is 68.5 Å². The van der Waals surface area contributed by atoms with Crippen molar-refractivity contribution in [1.29, 1.82) is 0 Å². The first kappa shape index (κ1) is 44.2. The summed E-state index contributed by atoms with van der Waals surface area (Å²) in [7, 11) is 3.45. The van der Waals surface area contributed by atoms with Crippen molar-refractivity contribution in [3.63, 3.8) is 0 Å². The molecule has 0 spiro atoms. The van der Waals surface area contributed by atoms with Crippen molar-refractivity contribution in [3.05, 3.63) is 65.5 Å². The molecular weight excluding hydrogens is 579 g/mol. The van der Waals surface area contributed by atoms with Gasteiger partial charge < -0.3 is 40.3 Å². The highest BCUT2D eigenvalue weighted by molar-refractivity contribution is 5.87. The van der Waals surface area contributed by atoms with Crippen molar-refractivity contribution in [2.24, 2.45) is 11.7 Å². The van der Waals surface area contributed by atoms with Gasteiger partial charge in [0.2, 0.25) is 5.88 Å². The van der Waals surface area contributed by atoms with Gasteiger partial charge in [0.25, 0.3) is 0 Å². The zero-order valence-corrected chi connectivity index (χ0v) is 26.3. The highest BCUT2D eigenvalue weighted by atomic mass is 19.4. The van der Waals surface area contributed by atoms with Crippen molar-refractivity contribution in [2.45, 2.75) is 67.6 Å². The lowest BCUT2D eigenvalue weighted by Gasteiger charge is -2.32. The fourth-order valence-electron chi connectivity index (χ4n) is 3.68. The third-order valence-electron chi connectivity index (χ3n) is 5.48. The summed E-state index contributed by atoms with van der Waals surface area (Å²) in [5.74, 6) is 0.912. The van der Waals surface area contributed by atoms with Gasteiger partial charge in [0, 0.05) is 45.6 Å². The Hall–Kier alpha value is -4.29. The van der Waals surface area contributed by atoms with E-state index in [1.165, 1.54) is 32.4 Å². The van der Waals surface area contributed by atoms with Crippen LogP contribution >= 0.6 is 0 Å². The molecule has 1 aromatic rings. The molecule has 1 saturated heterocycles. The second kappa shape index (κ2) is 23.2. The van der Waals surface area contributed by atoms with Crippen molar-refractivity contribution < 1.29 is 39.9 Å². The van der Waals surface area contributed by atoms with E-state index in [2.05, 4.69) is 27.1 Å². The maximum absolute atomic E-state index is 13.3. The normalized spacial score (nSPS) is 16.3. The van der Waals surface area contributed by atoms with Crippen LogP contribution in [-0.2, 0) is 14.3 Å². The highest BCUT2D eigenvalue weighted by Crippen LogP contribution is 2.35. The number of hydrogen-bond acceptors (Lipinski definition) is 8. The molecule has 3 rings (SSSR count). The van der Waals surface area contributed by atoms with Gasteiger partial charge >= 0.3 is 12.2 Å².